The van der Waals surface area contributed by atoms with Gasteiger partial charge in [-0.3, -0.25) is 14.5 Å². The van der Waals surface area contributed by atoms with Crippen LogP contribution in [0.3, 0.4) is 0 Å². The van der Waals surface area contributed by atoms with E-state index >= 15 is 0 Å². The van der Waals surface area contributed by atoms with Gasteiger partial charge in [0.15, 0.2) is 0 Å². The number of nitrogens with zero attached hydrogens (tertiary/aromatic N) is 3. The van der Waals surface area contributed by atoms with Crippen molar-refractivity contribution in [3.8, 4) is 0 Å². The molecule has 1 unspecified atom stereocenters. The van der Waals surface area contributed by atoms with E-state index in [9.17, 15) is 9.59 Å². The van der Waals surface area contributed by atoms with Crippen molar-refractivity contribution < 1.29 is 9.59 Å². The van der Waals surface area contributed by atoms with Crippen molar-refractivity contribution in [1.29, 1.82) is 0 Å². The molecule has 0 spiro atoms. The highest BCUT2D eigenvalue weighted by Crippen LogP contribution is 2.11. The molecule has 98 valence electrons. The van der Waals surface area contributed by atoms with E-state index in [0.717, 1.165) is 12.2 Å². The monoisotopic (exact) mass is 250 g/mol. The van der Waals surface area contributed by atoms with E-state index in [1.165, 1.54) is 11.9 Å². The van der Waals surface area contributed by atoms with Crippen LogP contribution in [-0.2, 0) is 23.1 Å². The minimum atomic E-state index is -0.243. The lowest BCUT2D eigenvalue weighted by molar-refractivity contribution is -0.148. The Hall–Kier alpha value is -1.69. The Kier molecular flexibility index (Phi) is 3.76. The second-order valence-electron chi connectivity index (χ2n) is 4.54. The summed E-state index contributed by atoms with van der Waals surface area (Å²) in [5, 5.41) is 3.19. The normalized spacial score (nSPS) is 20.6. The summed E-state index contributed by atoms with van der Waals surface area (Å²) in [7, 11) is 3.48. The highest BCUT2D eigenvalue weighted by molar-refractivity contribution is 6.00. The Bertz CT molecular complexity index is 455. The summed E-state index contributed by atoms with van der Waals surface area (Å²) in [6.45, 7) is 0.684. The summed E-state index contributed by atoms with van der Waals surface area (Å²) in [5.74, 6) is 0.753. The quantitative estimate of drug-likeness (QED) is 0.745. The van der Waals surface area contributed by atoms with Gasteiger partial charge in [0.05, 0.1) is 6.04 Å². The maximum atomic E-state index is 11.8. The number of aromatic nitrogens is 2. The van der Waals surface area contributed by atoms with Crippen molar-refractivity contribution in [3.05, 3.63) is 18.2 Å². The topological polar surface area (TPSA) is 67.2 Å². The number of likely N-dealkylation sites (tertiary alicyclic amines) is 1. The maximum Gasteiger partial charge on any atom is 0.246 e. The number of carbonyl (C=O) groups excluding carboxylic acids is 2. The van der Waals surface area contributed by atoms with Crippen molar-refractivity contribution in [1.82, 2.24) is 19.8 Å². The van der Waals surface area contributed by atoms with Gasteiger partial charge in [-0.25, -0.2) is 4.98 Å². The first-order valence-electron chi connectivity index (χ1n) is 6.09. The van der Waals surface area contributed by atoms with E-state index in [0.29, 0.717) is 19.4 Å². The molecular weight excluding hydrogens is 232 g/mol. The van der Waals surface area contributed by atoms with Crippen LogP contribution < -0.4 is 5.32 Å². The van der Waals surface area contributed by atoms with E-state index in [2.05, 4.69) is 10.3 Å². The van der Waals surface area contributed by atoms with Gasteiger partial charge in [0.2, 0.25) is 11.8 Å². The van der Waals surface area contributed by atoms with Crippen LogP contribution in [0.25, 0.3) is 0 Å². The first kappa shape index (κ1) is 12.8. The van der Waals surface area contributed by atoms with Crippen LogP contribution in [0.2, 0.25) is 0 Å². The molecule has 0 radical (unpaired) electrons. The molecule has 6 heteroatoms. The highest BCUT2D eigenvalue weighted by Gasteiger charge is 2.30. The average molecular weight is 250 g/mol. The zero-order valence-electron chi connectivity index (χ0n) is 10.7. The third kappa shape index (κ3) is 2.59. The van der Waals surface area contributed by atoms with Crippen LogP contribution in [0.15, 0.2) is 12.4 Å². The number of piperidine rings is 1. The van der Waals surface area contributed by atoms with Gasteiger partial charge in [-0.1, -0.05) is 0 Å². The zero-order chi connectivity index (χ0) is 13.1. The van der Waals surface area contributed by atoms with Crippen LogP contribution in [0.5, 0.6) is 0 Å². The van der Waals surface area contributed by atoms with Gasteiger partial charge in [0.1, 0.15) is 5.82 Å². The molecular formula is C12H18N4O2. The molecule has 2 amide bonds. The van der Waals surface area contributed by atoms with Crippen LogP contribution in [-0.4, -0.2) is 45.9 Å². The predicted molar refractivity (Wildman–Crippen MR) is 65.7 cm³/mol. The van der Waals surface area contributed by atoms with E-state index in [1.54, 1.807) is 6.20 Å². The number of carbonyl (C=O) groups is 2. The van der Waals surface area contributed by atoms with Crippen molar-refractivity contribution >= 4 is 11.8 Å². The molecule has 1 aliphatic heterocycles. The van der Waals surface area contributed by atoms with Gasteiger partial charge >= 0.3 is 0 Å². The Labute approximate surface area is 106 Å². The number of hydrogen-bond acceptors (Lipinski definition) is 4. The van der Waals surface area contributed by atoms with Crippen LogP contribution in [0, 0.1) is 0 Å². The van der Waals surface area contributed by atoms with Gasteiger partial charge in [-0.05, 0) is 6.42 Å². The summed E-state index contributed by atoms with van der Waals surface area (Å²) >= 11 is 0. The van der Waals surface area contributed by atoms with Crippen molar-refractivity contribution in [3.63, 3.8) is 0 Å². The molecule has 0 bridgehead atoms. The molecule has 0 aromatic carbocycles. The molecule has 2 rings (SSSR count). The molecule has 6 nitrogen and oxygen atoms in total. The molecule has 0 saturated carbocycles. The number of aryl methyl sites for hydroxylation is 1. The number of imidazole rings is 1. The molecule has 0 aliphatic carbocycles. The fraction of sp³-hybridized carbons (Fsp3) is 0.583. The number of hydrogen-bond donors (Lipinski definition) is 1. The Morgan fingerprint density at radius 3 is 2.89 bits per heavy atom. The molecule has 1 saturated heterocycles. The zero-order valence-corrected chi connectivity index (χ0v) is 10.7. The highest BCUT2D eigenvalue weighted by atomic mass is 16.2. The van der Waals surface area contributed by atoms with Gasteiger partial charge in [0.25, 0.3) is 0 Å². The van der Waals surface area contributed by atoms with Crippen LogP contribution in [0.1, 0.15) is 18.7 Å². The predicted octanol–water partition coefficient (Wildman–Crippen LogP) is -0.300. The number of amides is 2. The second-order valence-corrected chi connectivity index (χ2v) is 4.54. The SMILES string of the molecule is CN1C(=O)CCC(NCCc2nccn2C)C1=O. The Morgan fingerprint density at radius 1 is 1.44 bits per heavy atom. The Morgan fingerprint density at radius 2 is 2.22 bits per heavy atom. The molecule has 1 aliphatic rings. The van der Waals surface area contributed by atoms with Gasteiger partial charge < -0.3 is 9.88 Å². The molecule has 1 fully saturated rings. The summed E-state index contributed by atoms with van der Waals surface area (Å²) < 4.78 is 1.96. The van der Waals surface area contributed by atoms with Gasteiger partial charge in [-0.2, -0.15) is 0 Å². The fourth-order valence-corrected chi connectivity index (χ4v) is 2.10. The van der Waals surface area contributed by atoms with E-state index in [1.807, 2.05) is 17.8 Å². The molecule has 1 aromatic rings. The summed E-state index contributed by atoms with van der Waals surface area (Å²) in [5.41, 5.74) is 0. The van der Waals surface area contributed by atoms with Crippen LogP contribution in [0.4, 0.5) is 0 Å². The third-order valence-electron chi connectivity index (χ3n) is 3.31. The molecule has 1 N–H and O–H groups in total. The smallest absolute Gasteiger partial charge is 0.246 e. The van der Waals surface area contributed by atoms with Gasteiger partial charge in [0, 0.05) is 45.9 Å². The lowest BCUT2D eigenvalue weighted by Crippen LogP contribution is -2.51. The van der Waals surface area contributed by atoms with E-state index < -0.39 is 0 Å². The lowest BCUT2D eigenvalue weighted by Gasteiger charge is -2.28. The number of rotatable bonds is 4. The minimum absolute atomic E-state index is 0.0952. The van der Waals surface area contributed by atoms with Crippen molar-refractivity contribution in [2.75, 3.05) is 13.6 Å². The molecule has 2 heterocycles. The maximum absolute atomic E-state index is 11.8. The minimum Gasteiger partial charge on any atom is -0.338 e. The van der Waals surface area contributed by atoms with Crippen molar-refractivity contribution in [2.24, 2.45) is 7.05 Å². The van der Waals surface area contributed by atoms with E-state index in [4.69, 9.17) is 0 Å². The molecule has 1 aromatic heterocycles. The number of likely N-dealkylation sites (N-methyl/N-ethyl adjacent to an activating group) is 1. The van der Waals surface area contributed by atoms with Gasteiger partial charge in [-0.15, -0.1) is 0 Å². The fourth-order valence-electron chi connectivity index (χ4n) is 2.10. The van der Waals surface area contributed by atoms with Crippen molar-refractivity contribution in [2.45, 2.75) is 25.3 Å². The first-order chi connectivity index (χ1) is 8.59. The number of imide groups is 1. The van der Waals surface area contributed by atoms with E-state index in [-0.39, 0.29) is 17.9 Å². The lowest BCUT2D eigenvalue weighted by atomic mass is 10.0. The first-order valence-corrected chi connectivity index (χ1v) is 6.09. The average Bonchev–Trinajstić information content (AvgIpc) is 2.75. The third-order valence-corrected chi connectivity index (χ3v) is 3.31. The largest absolute Gasteiger partial charge is 0.338 e. The van der Waals surface area contributed by atoms with Crippen LogP contribution >= 0.6 is 0 Å². The molecule has 18 heavy (non-hydrogen) atoms. The summed E-state index contributed by atoms with van der Waals surface area (Å²) in [4.78, 5) is 28.6. The Balaban J connectivity index is 1.82. The number of nitrogens with one attached hydrogen (secondary N) is 1. The second kappa shape index (κ2) is 5.30. The molecule has 1 atom stereocenters. The summed E-state index contributed by atoms with van der Waals surface area (Å²) in [6, 6.07) is -0.243. The summed E-state index contributed by atoms with van der Waals surface area (Å²) in [6.07, 6.45) is 5.44. The standard InChI is InChI=1S/C12H18N4O2/c1-15-8-7-14-10(15)5-6-13-9-3-4-11(17)16(2)12(9)18/h7-9,13H,3-6H2,1-2H3.